The number of pyridine rings is 1. The fourth-order valence-electron chi connectivity index (χ4n) is 2.19. The fourth-order valence-corrected chi connectivity index (χ4v) is 2.19. The standard InChI is InChI=1S/C15H21N3O3/c1-15(2,3)11-6-9(14(20)21)7-12(18-11)16-8-10-4-5-13(19)17-10/h6-7,10H,4-5,8H2,1-3H3,(H,16,18)(H,17,19)(H,20,21). The summed E-state index contributed by atoms with van der Waals surface area (Å²) in [4.78, 5) is 26.9. The van der Waals surface area contributed by atoms with Crippen molar-refractivity contribution in [2.45, 2.75) is 45.1 Å². The number of carboxylic acids is 1. The summed E-state index contributed by atoms with van der Waals surface area (Å²) in [5, 5.41) is 15.2. The Balaban J connectivity index is 2.16. The highest BCUT2D eigenvalue weighted by molar-refractivity contribution is 5.88. The zero-order valence-electron chi connectivity index (χ0n) is 12.6. The molecule has 0 spiro atoms. The van der Waals surface area contributed by atoms with Crippen molar-refractivity contribution in [1.29, 1.82) is 0 Å². The minimum Gasteiger partial charge on any atom is -0.478 e. The second-order valence-corrected chi connectivity index (χ2v) is 6.37. The van der Waals surface area contributed by atoms with Gasteiger partial charge in [-0.1, -0.05) is 20.8 Å². The molecule has 0 radical (unpaired) electrons. The van der Waals surface area contributed by atoms with Gasteiger partial charge in [-0.25, -0.2) is 9.78 Å². The molecule has 21 heavy (non-hydrogen) atoms. The predicted molar refractivity (Wildman–Crippen MR) is 79.6 cm³/mol. The van der Waals surface area contributed by atoms with Crippen molar-refractivity contribution in [2.24, 2.45) is 0 Å². The Morgan fingerprint density at radius 2 is 2.19 bits per heavy atom. The Bertz CT molecular complexity index is 564. The van der Waals surface area contributed by atoms with Gasteiger partial charge in [0.15, 0.2) is 0 Å². The molecule has 1 aromatic rings. The molecule has 3 N–H and O–H groups in total. The van der Waals surface area contributed by atoms with Crippen molar-refractivity contribution >= 4 is 17.7 Å². The normalized spacial score (nSPS) is 18.4. The van der Waals surface area contributed by atoms with Crippen LogP contribution in [0.3, 0.4) is 0 Å². The molecule has 1 atom stereocenters. The lowest BCUT2D eigenvalue weighted by molar-refractivity contribution is -0.119. The van der Waals surface area contributed by atoms with Crippen LogP contribution in [0.5, 0.6) is 0 Å². The van der Waals surface area contributed by atoms with Crippen molar-refractivity contribution in [3.8, 4) is 0 Å². The molecule has 1 fully saturated rings. The summed E-state index contributed by atoms with van der Waals surface area (Å²) in [7, 11) is 0. The maximum absolute atomic E-state index is 11.2. The van der Waals surface area contributed by atoms with Gasteiger partial charge in [0.2, 0.25) is 5.91 Å². The lowest BCUT2D eigenvalue weighted by Gasteiger charge is -2.20. The summed E-state index contributed by atoms with van der Waals surface area (Å²) in [6.45, 7) is 6.51. The summed E-state index contributed by atoms with van der Waals surface area (Å²) in [5.41, 5.74) is 0.706. The first-order valence-corrected chi connectivity index (χ1v) is 7.05. The Labute approximate surface area is 124 Å². The Morgan fingerprint density at radius 1 is 1.48 bits per heavy atom. The van der Waals surface area contributed by atoms with E-state index in [4.69, 9.17) is 0 Å². The van der Waals surface area contributed by atoms with Crippen molar-refractivity contribution in [2.75, 3.05) is 11.9 Å². The van der Waals surface area contributed by atoms with Crippen LogP contribution in [0.2, 0.25) is 0 Å². The lowest BCUT2D eigenvalue weighted by atomic mass is 9.91. The molecular weight excluding hydrogens is 270 g/mol. The average Bonchev–Trinajstić information content (AvgIpc) is 2.81. The van der Waals surface area contributed by atoms with Gasteiger partial charge < -0.3 is 15.7 Å². The van der Waals surface area contributed by atoms with E-state index in [2.05, 4.69) is 15.6 Å². The first-order chi connectivity index (χ1) is 9.75. The number of hydrogen-bond acceptors (Lipinski definition) is 4. The molecule has 0 saturated carbocycles. The summed E-state index contributed by atoms with van der Waals surface area (Å²) >= 11 is 0. The van der Waals surface area contributed by atoms with Gasteiger partial charge in [0.05, 0.1) is 5.56 Å². The number of nitrogens with zero attached hydrogens (tertiary/aromatic N) is 1. The van der Waals surface area contributed by atoms with E-state index < -0.39 is 5.97 Å². The highest BCUT2D eigenvalue weighted by Gasteiger charge is 2.22. The quantitative estimate of drug-likeness (QED) is 0.786. The van der Waals surface area contributed by atoms with Crippen LogP contribution in [0.15, 0.2) is 12.1 Å². The van der Waals surface area contributed by atoms with Gasteiger partial charge in [-0.05, 0) is 18.6 Å². The Hall–Kier alpha value is -2.11. The molecule has 2 rings (SSSR count). The third kappa shape index (κ3) is 3.93. The van der Waals surface area contributed by atoms with Crippen LogP contribution in [-0.2, 0) is 10.2 Å². The monoisotopic (exact) mass is 291 g/mol. The van der Waals surface area contributed by atoms with Gasteiger partial charge in [0, 0.05) is 30.1 Å². The SMILES string of the molecule is CC(C)(C)c1cc(C(=O)O)cc(NCC2CCC(=O)N2)n1. The Morgan fingerprint density at radius 3 is 2.71 bits per heavy atom. The van der Waals surface area contributed by atoms with E-state index in [-0.39, 0.29) is 22.9 Å². The lowest BCUT2D eigenvalue weighted by Crippen LogP contribution is -2.32. The third-order valence-corrected chi connectivity index (χ3v) is 3.46. The molecule has 6 nitrogen and oxygen atoms in total. The molecule has 1 unspecified atom stereocenters. The zero-order chi connectivity index (χ0) is 15.6. The van der Waals surface area contributed by atoms with Crippen LogP contribution in [-0.4, -0.2) is 34.6 Å². The number of nitrogens with one attached hydrogen (secondary N) is 2. The van der Waals surface area contributed by atoms with Gasteiger partial charge in [0.25, 0.3) is 0 Å². The number of anilines is 1. The van der Waals surface area contributed by atoms with Gasteiger partial charge in [0.1, 0.15) is 5.82 Å². The highest BCUT2D eigenvalue weighted by atomic mass is 16.4. The van der Waals surface area contributed by atoms with Gasteiger partial charge in [-0.3, -0.25) is 4.79 Å². The maximum atomic E-state index is 11.2. The van der Waals surface area contributed by atoms with Crippen molar-refractivity contribution in [3.05, 3.63) is 23.4 Å². The molecule has 114 valence electrons. The molecule has 1 aliphatic rings. The summed E-state index contributed by atoms with van der Waals surface area (Å²) in [6.07, 6.45) is 1.33. The summed E-state index contributed by atoms with van der Waals surface area (Å²) in [5.74, 6) is -0.384. The van der Waals surface area contributed by atoms with Crippen LogP contribution in [0, 0.1) is 0 Å². The number of aromatic nitrogens is 1. The zero-order valence-corrected chi connectivity index (χ0v) is 12.6. The molecule has 6 heteroatoms. The number of carbonyl (C=O) groups excluding carboxylic acids is 1. The first-order valence-electron chi connectivity index (χ1n) is 7.05. The molecule has 1 aliphatic heterocycles. The number of carbonyl (C=O) groups is 2. The van der Waals surface area contributed by atoms with Crippen LogP contribution in [0.25, 0.3) is 0 Å². The summed E-state index contributed by atoms with van der Waals surface area (Å²) < 4.78 is 0. The first kappa shape index (κ1) is 15.3. The maximum Gasteiger partial charge on any atom is 0.335 e. The number of amides is 1. The predicted octanol–water partition coefficient (Wildman–Crippen LogP) is 1.77. The molecule has 0 aromatic carbocycles. The average molecular weight is 291 g/mol. The van der Waals surface area contributed by atoms with Crippen LogP contribution in [0.4, 0.5) is 5.82 Å². The molecule has 1 aromatic heterocycles. The molecule has 1 saturated heterocycles. The second kappa shape index (κ2) is 5.71. The van der Waals surface area contributed by atoms with Crippen molar-refractivity contribution < 1.29 is 14.7 Å². The van der Waals surface area contributed by atoms with Gasteiger partial charge in [-0.2, -0.15) is 0 Å². The van der Waals surface area contributed by atoms with Crippen LogP contribution >= 0.6 is 0 Å². The fraction of sp³-hybridized carbons (Fsp3) is 0.533. The van der Waals surface area contributed by atoms with Gasteiger partial charge in [-0.15, -0.1) is 0 Å². The van der Waals surface area contributed by atoms with E-state index in [1.54, 1.807) is 6.07 Å². The smallest absolute Gasteiger partial charge is 0.335 e. The van der Waals surface area contributed by atoms with E-state index in [1.807, 2.05) is 20.8 Å². The minimum atomic E-state index is -0.972. The molecule has 0 bridgehead atoms. The van der Waals surface area contributed by atoms with E-state index in [0.717, 1.165) is 12.1 Å². The second-order valence-electron chi connectivity index (χ2n) is 6.37. The third-order valence-electron chi connectivity index (χ3n) is 3.46. The number of carboxylic acid groups (broad SMARTS) is 1. The molecule has 0 aliphatic carbocycles. The highest BCUT2D eigenvalue weighted by Crippen LogP contribution is 2.23. The number of hydrogen-bond donors (Lipinski definition) is 3. The van der Waals surface area contributed by atoms with E-state index in [9.17, 15) is 14.7 Å². The Kier molecular flexibility index (Phi) is 4.16. The largest absolute Gasteiger partial charge is 0.478 e. The van der Waals surface area contributed by atoms with E-state index in [0.29, 0.717) is 18.8 Å². The minimum absolute atomic E-state index is 0.0597. The topological polar surface area (TPSA) is 91.3 Å². The molecular formula is C15H21N3O3. The number of rotatable bonds is 4. The van der Waals surface area contributed by atoms with Crippen LogP contribution < -0.4 is 10.6 Å². The van der Waals surface area contributed by atoms with Crippen molar-refractivity contribution in [3.63, 3.8) is 0 Å². The van der Waals surface area contributed by atoms with Crippen molar-refractivity contribution in [1.82, 2.24) is 10.3 Å². The number of aromatic carboxylic acids is 1. The van der Waals surface area contributed by atoms with E-state index in [1.165, 1.54) is 6.07 Å². The van der Waals surface area contributed by atoms with Gasteiger partial charge >= 0.3 is 5.97 Å². The van der Waals surface area contributed by atoms with E-state index >= 15 is 0 Å². The molecule has 1 amide bonds. The molecule has 2 heterocycles. The summed E-state index contributed by atoms with van der Waals surface area (Å²) in [6, 6.07) is 3.20. The van der Waals surface area contributed by atoms with Crippen LogP contribution in [0.1, 0.15) is 49.7 Å².